The van der Waals surface area contributed by atoms with E-state index in [-0.39, 0.29) is 17.8 Å². The lowest BCUT2D eigenvalue weighted by Crippen LogP contribution is -2.21. The van der Waals surface area contributed by atoms with Crippen molar-refractivity contribution in [2.45, 2.75) is 57.8 Å². The minimum Gasteiger partial charge on any atom is -0.390 e. The molecule has 0 radical (unpaired) electrons. The van der Waals surface area contributed by atoms with Gasteiger partial charge in [0.05, 0.1) is 11.7 Å². The second-order valence-electron chi connectivity index (χ2n) is 4.76. The third kappa shape index (κ3) is 3.47. The van der Waals surface area contributed by atoms with E-state index < -0.39 is 0 Å². The van der Waals surface area contributed by atoms with Crippen molar-refractivity contribution in [3.05, 3.63) is 24.3 Å². The zero-order valence-electron chi connectivity index (χ0n) is 9.99. The van der Waals surface area contributed by atoms with Gasteiger partial charge in [0.2, 0.25) is 0 Å². The number of epoxide rings is 1. The molecule has 1 fully saturated rings. The van der Waals surface area contributed by atoms with Crippen LogP contribution in [0.25, 0.3) is 0 Å². The van der Waals surface area contributed by atoms with Gasteiger partial charge in [0.25, 0.3) is 0 Å². The second kappa shape index (κ2) is 4.95. The van der Waals surface area contributed by atoms with Crippen LogP contribution >= 0.6 is 0 Å². The first-order valence-corrected chi connectivity index (χ1v) is 5.60. The predicted molar refractivity (Wildman–Crippen MR) is 62.8 cm³/mol. The number of ether oxygens (including phenoxy) is 1. The fraction of sp³-hybridized carbons (Fsp3) is 0.692. The standard InChI is InChI=1S/C13H22O2/c1-5-7-11(14)12-13(4,15-12)9-6-8-10(2)3/h5,8,11-12,14H,1,6-7,9H2,2-4H3/t11-,12+,13+/m0/s1. The molecular formula is C13H22O2. The van der Waals surface area contributed by atoms with Gasteiger partial charge in [-0.2, -0.15) is 0 Å². The van der Waals surface area contributed by atoms with Crippen LogP contribution in [-0.4, -0.2) is 22.9 Å². The maximum atomic E-state index is 9.72. The fourth-order valence-electron chi connectivity index (χ4n) is 1.88. The van der Waals surface area contributed by atoms with Crippen LogP contribution in [0.15, 0.2) is 24.3 Å². The van der Waals surface area contributed by atoms with Crippen molar-refractivity contribution in [3.63, 3.8) is 0 Å². The summed E-state index contributed by atoms with van der Waals surface area (Å²) >= 11 is 0. The summed E-state index contributed by atoms with van der Waals surface area (Å²) in [7, 11) is 0. The normalized spacial score (nSPS) is 30.8. The highest BCUT2D eigenvalue weighted by Crippen LogP contribution is 2.43. The molecule has 15 heavy (non-hydrogen) atoms. The van der Waals surface area contributed by atoms with Gasteiger partial charge in [-0.15, -0.1) is 6.58 Å². The third-order valence-corrected chi connectivity index (χ3v) is 2.89. The molecule has 2 nitrogen and oxygen atoms in total. The number of aliphatic hydroxyl groups excluding tert-OH is 1. The summed E-state index contributed by atoms with van der Waals surface area (Å²) in [4.78, 5) is 0. The van der Waals surface area contributed by atoms with Crippen LogP contribution in [0.3, 0.4) is 0 Å². The van der Waals surface area contributed by atoms with E-state index >= 15 is 0 Å². The Morgan fingerprint density at radius 1 is 1.60 bits per heavy atom. The average Bonchev–Trinajstić information content (AvgIpc) is 2.78. The highest BCUT2D eigenvalue weighted by Gasteiger charge is 2.54. The Bertz CT molecular complexity index is 253. The molecule has 1 saturated heterocycles. The van der Waals surface area contributed by atoms with Gasteiger partial charge in [-0.1, -0.05) is 17.7 Å². The number of hydrogen-bond donors (Lipinski definition) is 1. The largest absolute Gasteiger partial charge is 0.390 e. The van der Waals surface area contributed by atoms with Gasteiger partial charge in [0.15, 0.2) is 0 Å². The number of hydrogen-bond acceptors (Lipinski definition) is 2. The zero-order chi connectivity index (χ0) is 11.5. The van der Waals surface area contributed by atoms with E-state index in [1.54, 1.807) is 6.08 Å². The van der Waals surface area contributed by atoms with Gasteiger partial charge >= 0.3 is 0 Å². The van der Waals surface area contributed by atoms with E-state index in [1.165, 1.54) is 5.57 Å². The van der Waals surface area contributed by atoms with Crippen LogP contribution in [0.5, 0.6) is 0 Å². The molecule has 0 saturated carbocycles. The van der Waals surface area contributed by atoms with Gasteiger partial charge in [-0.05, 0) is 40.0 Å². The molecule has 0 unspecified atom stereocenters. The van der Waals surface area contributed by atoms with Crippen LogP contribution in [-0.2, 0) is 4.74 Å². The average molecular weight is 210 g/mol. The lowest BCUT2D eigenvalue weighted by Gasteiger charge is -2.08. The van der Waals surface area contributed by atoms with Gasteiger partial charge < -0.3 is 9.84 Å². The van der Waals surface area contributed by atoms with Crippen LogP contribution in [0, 0.1) is 0 Å². The van der Waals surface area contributed by atoms with Crippen LogP contribution < -0.4 is 0 Å². The van der Waals surface area contributed by atoms with Crippen LogP contribution in [0.2, 0.25) is 0 Å². The Morgan fingerprint density at radius 2 is 2.27 bits per heavy atom. The molecular weight excluding hydrogens is 188 g/mol. The number of allylic oxidation sites excluding steroid dienone is 2. The van der Waals surface area contributed by atoms with Gasteiger partial charge in [0, 0.05) is 0 Å². The topological polar surface area (TPSA) is 32.8 Å². The van der Waals surface area contributed by atoms with Crippen LogP contribution in [0.4, 0.5) is 0 Å². The summed E-state index contributed by atoms with van der Waals surface area (Å²) in [5.74, 6) is 0. The highest BCUT2D eigenvalue weighted by molar-refractivity contribution is 5.06. The first-order valence-electron chi connectivity index (χ1n) is 5.60. The molecule has 2 heteroatoms. The summed E-state index contributed by atoms with van der Waals surface area (Å²) in [6.45, 7) is 9.89. The second-order valence-corrected chi connectivity index (χ2v) is 4.76. The van der Waals surface area contributed by atoms with Gasteiger partial charge in [-0.3, -0.25) is 0 Å². The van der Waals surface area contributed by atoms with E-state index in [1.807, 2.05) is 0 Å². The summed E-state index contributed by atoms with van der Waals surface area (Å²) in [5.41, 5.74) is 1.22. The van der Waals surface area contributed by atoms with Crippen molar-refractivity contribution in [1.29, 1.82) is 0 Å². The summed E-state index contributed by atoms with van der Waals surface area (Å²) in [5, 5.41) is 9.72. The molecule has 1 heterocycles. The monoisotopic (exact) mass is 210 g/mol. The van der Waals surface area contributed by atoms with Crippen molar-refractivity contribution < 1.29 is 9.84 Å². The Morgan fingerprint density at radius 3 is 2.80 bits per heavy atom. The van der Waals surface area contributed by atoms with Gasteiger partial charge in [0.1, 0.15) is 6.10 Å². The first kappa shape index (κ1) is 12.5. The van der Waals surface area contributed by atoms with Crippen molar-refractivity contribution in [3.8, 4) is 0 Å². The Hall–Kier alpha value is -0.600. The Labute approximate surface area is 92.6 Å². The van der Waals surface area contributed by atoms with E-state index in [4.69, 9.17) is 4.74 Å². The summed E-state index contributed by atoms with van der Waals surface area (Å²) < 4.78 is 5.57. The highest BCUT2D eigenvalue weighted by atomic mass is 16.6. The molecule has 1 aliphatic rings. The molecule has 0 aromatic carbocycles. The van der Waals surface area contributed by atoms with Crippen molar-refractivity contribution in [1.82, 2.24) is 0 Å². The van der Waals surface area contributed by atoms with E-state index in [0.29, 0.717) is 6.42 Å². The minimum absolute atomic E-state index is 0.000984. The lowest BCUT2D eigenvalue weighted by molar-refractivity contribution is 0.138. The lowest BCUT2D eigenvalue weighted by atomic mass is 9.96. The molecule has 86 valence electrons. The molecule has 0 aromatic heterocycles. The molecule has 0 aliphatic carbocycles. The summed E-state index contributed by atoms with van der Waals surface area (Å²) in [6.07, 6.45) is 6.18. The molecule has 1 N–H and O–H groups in total. The minimum atomic E-state index is -0.390. The van der Waals surface area contributed by atoms with E-state index in [9.17, 15) is 5.11 Å². The maximum Gasteiger partial charge on any atom is 0.113 e. The van der Waals surface area contributed by atoms with E-state index in [0.717, 1.165) is 12.8 Å². The Kier molecular flexibility index (Phi) is 4.12. The molecule has 0 spiro atoms. The zero-order valence-corrected chi connectivity index (χ0v) is 9.99. The van der Waals surface area contributed by atoms with Crippen molar-refractivity contribution in [2.24, 2.45) is 0 Å². The van der Waals surface area contributed by atoms with Crippen molar-refractivity contribution >= 4 is 0 Å². The molecule has 0 bridgehead atoms. The SMILES string of the molecule is C=CC[C@H](O)[C@H]1O[C@]1(C)CCC=C(C)C. The maximum absolute atomic E-state index is 9.72. The van der Waals surface area contributed by atoms with Crippen molar-refractivity contribution in [2.75, 3.05) is 0 Å². The molecule has 1 rings (SSSR count). The molecule has 0 amide bonds. The molecule has 3 atom stereocenters. The number of rotatable bonds is 6. The fourth-order valence-corrected chi connectivity index (χ4v) is 1.88. The van der Waals surface area contributed by atoms with Crippen LogP contribution in [0.1, 0.15) is 40.0 Å². The number of aliphatic hydroxyl groups is 1. The Balaban J connectivity index is 2.32. The van der Waals surface area contributed by atoms with E-state index in [2.05, 4.69) is 33.4 Å². The third-order valence-electron chi connectivity index (χ3n) is 2.89. The van der Waals surface area contributed by atoms with Gasteiger partial charge in [-0.25, -0.2) is 0 Å². The predicted octanol–water partition coefficient (Wildman–Crippen LogP) is 2.83. The first-order chi connectivity index (χ1) is 6.99. The summed E-state index contributed by atoms with van der Waals surface area (Å²) in [6, 6.07) is 0. The smallest absolute Gasteiger partial charge is 0.113 e. The molecule has 0 aromatic rings. The quantitative estimate of drug-likeness (QED) is 0.540. The molecule has 1 aliphatic heterocycles.